The molecule has 19 heavy (non-hydrogen) atoms. The number of benzene rings is 1. The summed E-state index contributed by atoms with van der Waals surface area (Å²) in [4.78, 5) is 24.4. The fourth-order valence-corrected chi connectivity index (χ4v) is 3.17. The molecule has 102 valence electrons. The summed E-state index contributed by atoms with van der Waals surface area (Å²) in [5.74, 6) is -0.101. The molecule has 6 heteroatoms. The van der Waals surface area contributed by atoms with E-state index in [0.29, 0.717) is 23.6 Å². The van der Waals surface area contributed by atoms with Crippen molar-refractivity contribution in [1.29, 1.82) is 0 Å². The normalized spacial score (nSPS) is 18.5. The van der Waals surface area contributed by atoms with Gasteiger partial charge in [-0.3, -0.25) is 4.79 Å². The van der Waals surface area contributed by atoms with Gasteiger partial charge in [0.2, 0.25) is 5.91 Å². The Hall–Kier alpha value is -1.69. The number of hydrogen-bond acceptors (Lipinski definition) is 4. The smallest absolute Gasteiger partial charge is 0.327 e. The Morgan fingerprint density at radius 2 is 2.11 bits per heavy atom. The number of carbonyl (C=O) groups excluding carboxylic acids is 1. The van der Waals surface area contributed by atoms with Gasteiger partial charge in [0.25, 0.3) is 0 Å². The summed E-state index contributed by atoms with van der Waals surface area (Å²) in [5.41, 5.74) is 0.703. The maximum absolute atomic E-state index is 12.0. The zero-order valence-electron chi connectivity index (χ0n) is 10.3. The highest BCUT2D eigenvalue weighted by Crippen LogP contribution is 2.23. The molecule has 1 fully saturated rings. The molecular weight excluding hydrogens is 266 g/mol. The number of aliphatic carboxylic acids is 1. The van der Waals surface area contributed by atoms with Crippen LogP contribution in [0.15, 0.2) is 24.3 Å². The lowest BCUT2D eigenvalue weighted by Gasteiger charge is -2.20. The van der Waals surface area contributed by atoms with E-state index in [4.69, 9.17) is 5.11 Å². The molecule has 1 heterocycles. The molecule has 0 bridgehead atoms. The zero-order valence-corrected chi connectivity index (χ0v) is 11.1. The van der Waals surface area contributed by atoms with E-state index >= 15 is 0 Å². The van der Waals surface area contributed by atoms with Crippen molar-refractivity contribution >= 4 is 23.6 Å². The molecule has 1 aliphatic rings. The maximum Gasteiger partial charge on any atom is 0.327 e. The van der Waals surface area contributed by atoms with Gasteiger partial charge in [-0.25, -0.2) is 4.79 Å². The van der Waals surface area contributed by atoms with Gasteiger partial charge in [0, 0.05) is 12.2 Å². The van der Waals surface area contributed by atoms with Crippen LogP contribution in [0, 0.1) is 0 Å². The average Bonchev–Trinajstić information content (AvgIpc) is 2.87. The van der Waals surface area contributed by atoms with E-state index in [-0.39, 0.29) is 18.1 Å². The van der Waals surface area contributed by atoms with E-state index < -0.39 is 12.0 Å². The number of rotatable bonds is 4. The Labute approximate surface area is 115 Å². The number of carboxylic acids is 1. The Bertz CT molecular complexity index is 491. The average molecular weight is 281 g/mol. The monoisotopic (exact) mass is 281 g/mol. The molecule has 0 aliphatic carbocycles. The number of carboxylic acid groups (broad SMARTS) is 1. The van der Waals surface area contributed by atoms with Gasteiger partial charge in [-0.2, -0.15) is 0 Å². The summed E-state index contributed by atoms with van der Waals surface area (Å²) in [5, 5.41) is 18.6. The van der Waals surface area contributed by atoms with Crippen LogP contribution < -0.4 is 0 Å². The van der Waals surface area contributed by atoms with Crippen LogP contribution in [0.4, 0.5) is 0 Å². The van der Waals surface area contributed by atoms with Gasteiger partial charge in [0.1, 0.15) is 11.8 Å². The van der Waals surface area contributed by atoms with Gasteiger partial charge in [0.05, 0.1) is 5.88 Å². The van der Waals surface area contributed by atoms with Crippen LogP contribution in [0.5, 0.6) is 5.75 Å². The van der Waals surface area contributed by atoms with Crippen LogP contribution in [0.25, 0.3) is 0 Å². The number of para-hydroxylation sites is 1. The summed E-state index contributed by atoms with van der Waals surface area (Å²) >= 11 is 1.45. The van der Waals surface area contributed by atoms with Crippen molar-refractivity contribution in [1.82, 2.24) is 4.90 Å². The SMILES string of the molecule is O=C(O)[C@@H]1CSCN1C(=O)CCc1ccccc1O. The van der Waals surface area contributed by atoms with Gasteiger partial charge in [-0.05, 0) is 18.1 Å². The van der Waals surface area contributed by atoms with Crippen molar-refractivity contribution in [3.05, 3.63) is 29.8 Å². The van der Waals surface area contributed by atoms with Gasteiger partial charge in [-0.1, -0.05) is 18.2 Å². The molecule has 1 aromatic carbocycles. The Kier molecular flexibility index (Phi) is 4.31. The minimum Gasteiger partial charge on any atom is -0.508 e. The van der Waals surface area contributed by atoms with Crippen molar-refractivity contribution in [3.8, 4) is 5.75 Å². The number of carbonyl (C=O) groups is 2. The molecule has 2 N–H and O–H groups in total. The lowest BCUT2D eigenvalue weighted by molar-refractivity contribution is -0.147. The molecule has 1 aliphatic heterocycles. The van der Waals surface area contributed by atoms with Crippen LogP contribution >= 0.6 is 11.8 Å². The number of hydrogen-bond donors (Lipinski definition) is 2. The molecule has 1 aromatic rings. The van der Waals surface area contributed by atoms with E-state index in [2.05, 4.69) is 0 Å². The Morgan fingerprint density at radius 3 is 2.79 bits per heavy atom. The second-order valence-corrected chi connectivity index (χ2v) is 5.35. The molecule has 0 saturated carbocycles. The van der Waals surface area contributed by atoms with Gasteiger partial charge in [0.15, 0.2) is 0 Å². The van der Waals surface area contributed by atoms with Crippen LogP contribution in [-0.2, 0) is 16.0 Å². The predicted octanol–water partition coefficient (Wildman–Crippen LogP) is 1.31. The minimum absolute atomic E-state index is 0.167. The van der Waals surface area contributed by atoms with Crippen molar-refractivity contribution in [2.24, 2.45) is 0 Å². The third-order valence-corrected chi connectivity index (χ3v) is 4.10. The minimum atomic E-state index is -0.957. The molecule has 0 spiro atoms. The molecule has 1 atom stereocenters. The fourth-order valence-electron chi connectivity index (χ4n) is 2.00. The number of phenols is 1. The van der Waals surface area contributed by atoms with Crippen molar-refractivity contribution in [2.75, 3.05) is 11.6 Å². The lowest BCUT2D eigenvalue weighted by atomic mass is 10.1. The molecule has 0 unspecified atom stereocenters. The van der Waals surface area contributed by atoms with Gasteiger partial charge in [-0.15, -0.1) is 11.8 Å². The number of amides is 1. The van der Waals surface area contributed by atoms with E-state index in [0.717, 1.165) is 0 Å². The maximum atomic E-state index is 12.0. The number of aromatic hydroxyl groups is 1. The molecule has 1 saturated heterocycles. The first-order chi connectivity index (χ1) is 9.09. The highest BCUT2D eigenvalue weighted by Gasteiger charge is 2.34. The second kappa shape index (κ2) is 5.97. The lowest BCUT2D eigenvalue weighted by Crippen LogP contribution is -2.41. The van der Waals surface area contributed by atoms with Crippen molar-refractivity contribution in [3.63, 3.8) is 0 Å². The molecule has 5 nitrogen and oxygen atoms in total. The van der Waals surface area contributed by atoms with Crippen LogP contribution in [0.2, 0.25) is 0 Å². The molecule has 1 amide bonds. The largest absolute Gasteiger partial charge is 0.508 e. The van der Waals surface area contributed by atoms with Gasteiger partial charge >= 0.3 is 5.97 Å². The number of phenolic OH excluding ortho intramolecular Hbond substituents is 1. The topological polar surface area (TPSA) is 77.8 Å². The van der Waals surface area contributed by atoms with Crippen LogP contribution in [-0.4, -0.2) is 44.7 Å². The standard InChI is InChI=1S/C13H15NO4S/c15-11-4-2-1-3-9(11)5-6-12(16)14-8-19-7-10(14)13(17)18/h1-4,10,15H,5-8H2,(H,17,18)/t10-/m0/s1. The van der Waals surface area contributed by atoms with Crippen molar-refractivity contribution in [2.45, 2.75) is 18.9 Å². The van der Waals surface area contributed by atoms with Crippen LogP contribution in [0.3, 0.4) is 0 Å². The summed E-state index contributed by atoms with van der Waals surface area (Å²) in [7, 11) is 0. The third kappa shape index (κ3) is 3.20. The zero-order chi connectivity index (χ0) is 13.8. The Morgan fingerprint density at radius 1 is 1.37 bits per heavy atom. The molecule has 0 aromatic heterocycles. The third-order valence-electron chi connectivity index (χ3n) is 3.09. The van der Waals surface area contributed by atoms with E-state index in [1.165, 1.54) is 16.7 Å². The summed E-state index contributed by atoms with van der Waals surface area (Å²) < 4.78 is 0. The molecular formula is C13H15NO4S. The summed E-state index contributed by atoms with van der Waals surface area (Å²) in [6.45, 7) is 0. The number of nitrogens with zero attached hydrogens (tertiary/aromatic N) is 1. The predicted molar refractivity (Wildman–Crippen MR) is 72.0 cm³/mol. The second-order valence-electron chi connectivity index (χ2n) is 4.35. The highest BCUT2D eigenvalue weighted by atomic mass is 32.2. The van der Waals surface area contributed by atoms with Crippen molar-refractivity contribution < 1.29 is 19.8 Å². The van der Waals surface area contributed by atoms with E-state index in [1.807, 2.05) is 0 Å². The first-order valence-corrected chi connectivity index (χ1v) is 7.12. The first kappa shape index (κ1) is 13.7. The van der Waals surface area contributed by atoms with Gasteiger partial charge < -0.3 is 15.1 Å². The van der Waals surface area contributed by atoms with E-state index in [9.17, 15) is 14.7 Å². The Balaban J connectivity index is 1.95. The fraction of sp³-hybridized carbons (Fsp3) is 0.385. The first-order valence-electron chi connectivity index (χ1n) is 5.96. The molecule has 0 radical (unpaired) electrons. The summed E-state index contributed by atoms with van der Waals surface area (Å²) in [6, 6.07) is 6.13. The van der Waals surface area contributed by atoms with E-state index in [1.54, 1.807) is 24.3 Å². The molecule has 2 rings (SSSR count). The summed E-state index contributed by atoms with van der Waals surface area (Å²) in [6.07, 6.45) is 0.626. The quantitative estimate of drug-likeness (QED) is 0.870. The number of aryl methyl sites for hydroxylation is 1. The van der Waals surface area contributed by atoms with Crippen LogP contribution in [0.1, 0.15) is 12.0 Å². The number of thioether (sulfide) groups is 1. The highest BCUT2D eigenvalue weighted by molar-refractivity contribution is 7.99.